The van der Waals surface area contributed by atoms with Gasteiger partial charge in [-0.2, -0.15) is 0 Å². The Hall–Kier alpha value is -6.28. The molecule has 8 heteroatoms. The van der Waals surface area contributed by atoms with Gasteiger partial charge in [-0.25, -0.2) is 0 Å². The number of fused-ring (bicyclic) bond motifs is 4. The van der Waals surface area contributed by atoms with Gasteiger partial charge in [0.15, 0.2) is 12.2 Å². The number of benzene rings is 7. The first kappa shape index (κ1) is 43.8. The molecule has 62 heavy (non-hydrogen) atoms. The molecule has 0 aliphatic rings. The van der Waals surface area contributed by atoms with Crippen LogP contribution in [0.25, 0.3) is 43.1 Å². The lowest BCUT2D eigenvalue weighted by atomic mass is 9.98. The summed E-state index contributed by atoms with van der Waals surface area (Å²) in [7, 11) is 0. The van der Waals surface area contributed by atoms with Crippen LogP contribution in [0.1, 0.15) is 77.7 Å². The quantitative estimate of drug-likeness (QED) is 0.0358. The van der Waals surface area contributed by atoms with Crippen LogP contribution >= 0.6 is 0 Å². The Morgan fingerprint density at radius 3 is 1.34 bits per heavy atom. The molecule has 0 bridgehead atoms. The predicted molar refractivity (Wildman–Crippen MR) is 249 cm³/mol. The number of hydrogen-bond acceptors (Lipinski definition) is 8. The van der Waals surface area contributed by atoms with Crippen molar-refractivity contribution in [3.8, 4) is 23.0 Å². The Morgan fingerprint density at radius 2 is 0.855 bits per heavy atom. The lowest BCUT2D eigenvalue weighted by molar-refractivity contribution is -0.153. The van der Waals surface area contributed by atoms with Crippen LogP contribution in [0.5, 0.6) is 23.0 Å². The standard InChI is InChI=1S/C54H58O8/c1-4-7-9-29-51(55)61-41(34-57-49-27-17-21-39-19-11-13-23-43(39)49)36-59-53-45-25-15-16-26-46(45)54(48-33-38(6-3)31-32-47(48)53)60-37-42(62-52(56)30-10-8-5-2)35-58-50-28-18-22-40-20-12-14-24-44(40)50/h11-28,31-33,41-42H,4-10,29-30,34-37H2,1-3H3. The Morgan fingerprint density at radius 1 is 0.435 bits per heavy atom. The minimum absolute atomic E-state index is 0.0701. The molecule has 0 aliphatic carbocycles. The average Bonchev–Trinajstić information content (AvgIpc) is 3.30. The summed E-state index contributed by atoms with van der Waals surface area (Å²) in [6.45, 7) is 6.71. The molecule has 7 rings (SSSR count). The summed E-state index contributed by atoms with van der Waals surface area (Å²) in [4.78, 5) is 26.3. The van der Waals surface area contributed by atoms with Crippen LogP contribution in [0, 0.1) is 0 Å². The Bertz CT molecular complexity index is 2570. The highest BCUT2D eigenvalue weighted by Gasteiger charge is 2.24. The molecule has 322 valence electrons. The second-order valence-electron chi connectivity index (χ2n) is 15.8. The summed E-state index contributed by atoms with van der Waals surface area (Å²) in [5.74, 6) is 2.20. The SMILES string of the molecule is CCCCCC(=O)OC(COc1cccc2ccccc12)COc1c2ccccc2c(OCC(COc2cccc3ccccc23)OC(=O)CCCCC)c2cc(CC)ccc12. The molecule has 0 heterocycles. The monoisotopic (exact) mass is 834 g/mol. The van der Waals surface area contributed by atoms with E-state index >= 15 is 0 Å². The molecular weight excluding hydrogens is 777 g/mol. The van der Waals surface area contributed by atoms with E-state index in [9.17, 15) is 9.59 Å². The van der Waals surface area contributed by atoms with Crippen molar-refractivity contribution in [1.82, 2.24) is 0 Å². The number of esters is 2. The van der Waals surface area contributed by atoms with Crippen LogP contribution in [0.4, 0.5) is 0 Å². The third-order valence-corrected chi connectivity index (χ3v) is 11.1. The third-order valence-electron chi connectivity index (χ3n) is 11.1. The highest BCUT2D eigenvalue weighted by Crippen LogP contribution is 2.43. The first-order valence-electron chi connectivity index (χ1n) is 22.3. The summed E-state index contributed by atoms with van der Waals surface area (Å²) in [6, 6.07) is 42.3. The van der Waals surface area contributed by atoms with Gasteiger partial charge in [0, 0.05) is 45.2 Å². The van der Waals surface area contributed by atoms with E-state index in [1.807, 2.05) is 109 Å². The summed E-state index contributed by atoms with van der Waals surface area (Å²) in [5, 5.41) is 7.48. The van der Waals surface area contributed by atoms with Gasteiger partial charge in [0.25, 0.3) is 0 Å². The van der Waals surface area contributed by atoms with E-state index in [1.165, 1.54) is 0 Å². The molecule has 0 amide bonds. The maximum absolute atomic E-state index is 13.2. The molecule has 0 aromatic heterocycles. The number of carbonyl (C=O) groups is 2. The molecular formula is C54H58O8. The summed E-state index contributed by atoms with van der Waals surface area (Å²) in [5.41, 5.74) is 1.13. The zero-order valence-electron chi connectivity index (χ0n) is 36.2. The Kier molecular flexibility index (Phi) is 15.5. The van der Waals surface area contributed by atoms with Gasteiger partial charge in [-0.3, -0.25) is 9.59 Å². The highest BCUT2D eigenvalue weighted by atomic mass is 16.6. The molecule has 0 radical (unpaired) electrons. The van der Waals surface area contributed by atoms with Gasteiger partial charge in [0.05, 0.1) is 0 Å². The van der Waals surface area contributed by atoms with Crippen molar-refractivity contribution in [3.05, 3.63) is 133 Å². The highest BCUT2D eigenvalue weighted by molar-refractivity contribution is 6.11. The molecule has 0 aliphatic heterocycles. The Labute approximate surface area is 365 Å². The second-order valence-corrected chi connectivity index (χ2v) is 15.8. The van der Waals surface area contributed by atoms with E-state index < -0.39 is 12.2 Å². The zero-order valence-corrected chi connectivity index (χ0v) is 36.2. The van der Waals surface area contributed by atoms with Gasteiger partial charge in [-0.05, 0) is 53.8 Å². The predicted octanol–water partition coefficient (Wildman–Crippen LogP) is 12.8. The van der Waals surface area contributed by atoms with Crippen LogP contribution in [0.15, 0.2) is 127 Å². The molecule has 0 saturated heterocycles. The summed E-state index contributed by atoms with van der Waals surface area (Å²) < 4.78 is 38.5. The van der Waals surface area contributed by atoms with Crippen molar-refractivity contribution in [2.45, 2.75) is 90.8 Å². The molecule has 0 saturated carbocycles. The van der Waals surface area contributed by atoms with E-state index in [4.69, 9.17) is 28.4 Å². The second kappa shape index (κ2) is 22.0. The van der Waals surface area contributed by atoms with E-state index in [0.717, 1.165) is 93.6 Å². The van der Waals surface area contributed by atoms with E-state index in [1.54, 1.807) is 0 Å². The Balaban J connectivity index is 1.17. The van der Waals surface area contributed by atoms with Crippen LogP contribution in [-0.4, -0.2) is 50.6 Å². The van der Waals surface area contributed by atoms with E-state index in [-0.39, 0.29) is 38.4 Å². The molecule has 8 nitrogen and oxygen atoms in total. The topological polar surface area (TPSA) is 89.5 Å². The summed E-state index contributed by atoms with van der Waals surface area (Å²) in [6.07, 6.45) is 5.56. The number of hydrogen-bond donors (Lipinski definition) is 0. The van der Waals surface area contributed by atoms with Crippen LogP contribution in [-0.2, 0) is 25.5 Å². The lowest BCUT2D eigenvalue weighted by Gasteiger charge is -2.23. The van der Waals surface area contributed by atoms with Crippen molar-refractivity contribution >= 4 is 55.0 Å². The van der Waals surface area contributed by atoms with Gasteiger partial charge in [-0.15, -0.1) is 0 Å². The fourth-order valence-corrected chi connectivity index (χ4v) is 7.80. The molecule has 0 fully saturated rings. The smallest absolute Gasteiger partial charge is 0.306 e. The van der Waals surface area contributed by atoms with Crippen LogP contribution in [0.3, 0.4) is 0 Å². The lowest BCUT2D eigenvalue weighted by Crippen LogP contribution is -2.31. The zero-order chi connectivity index (χ0) is 43.1. The van der Waals surface area contributed by atoms with Crippen molar-refractivity contribution in [2.24, 2.45) is 0 Å². The fraction of sp³-hybridized carbons (Fsp3) is 0.333. The minimum atomic E-state index is -0.684. The summed E-state index contributed by atoms with van der Waals surface area (Å²) >= 11 is 0. The number of rotatable bonds is 23. The molecule has 0 spiro atoms. The van der Waals surface area contributed by atoms with Gasteiger partial charge >= 0.3 is 11.9 Å². The van der Waals surface area contributed by atoms with Crippen molar-refractivity contribution in [3.63, 3.8) is 0 Å². The molecule has 2 unspecified atom stereocenters. The largest absolute Gasteiger partial charge is 0.489 e. The first-order chi connectivity index (χ1) is 30.4. The number of aryl methyl sites for hydroxylation is 1. The van der Waals surface area contributed by atoms with Gasteiger partial charge in [0.2, 0.25) is 0 Å². The maximum atomic E-state index is 13.2. The van der Waals surface area contributed by atoms with E-state index in [2.05, 4.69) is 39.0 Å². The molecule has 7 aromatic rings. The van der Waals surface area contributed by atoms with Gasteiger partial charge in [-0.1, -0.05) is 156 Å². The van der Waals surface area contributed by atoms with Crippen molar-refractivity contribution < 1.29 is 38.0 Å². The first-order valence-corrected chi connectivity index (χ1v) is 22.3. The molecule has 0 N–H and O–H groups in total. The minimum Gasteiger partial charge on any atom is -0.489 e. The van der Waals surface area contributed by atoms with Crippen molar-refractivity contribution in [2.75, 3.05) is 26.4 Å². The third kappa shape index (κ3) is 11.1. The van der Waals surface area contributed by atoms with Crippen molar-refractivity contribution in [1.29, 1.82) is 0 Å². The fourth-order valence-electron chi connectivity index (χ4n) is 7.80. The average molecular weight is 835 g/mol. The molecule has 7 aromatic carbocycles. The maximum Gasteiger partial charge on any atom is 0.306 e. The molecule has 2 atom stereocenters. The normalized spacial score (nSPS) is 12.3. The number of unbranched alkanes of at least 4 members (excludes halogenated alkanes) is 4. The van der Waals surface area contributed by atoms with Gasteiger partial charge in [0.1, 0.15) is 49.4 Å². The number of carbonyl (C=O) groups excluding carboxylic acids is 2. The van der Waals surface area contributed by atoms with Crippen LogP contribution in [0.2, 0.25) is 0 Å². The van der Waals surface area contributed by atoms with Gasteiger partial charge < -0.3 is 28.4 Å². The van der Waals surface area contributed by atoms with Crippen LogP contribution < -0.4 is 18.9 Å². The van der Waals surface area contributed by atoms with E-state index in [0.29, 0.717) is 35.8 Å². The number of ether oxygens (including phenoxy) is 6.